The number of rotatable bonds is 6. The Morgan fingerprint density at radius 2 is 2.15 bits per heavy atom. The van der Waals surface area contributed by atoms with Crippen LogP contribution in [0.5, 0.6) is 0 Å². The van der Waals surface area contributed by atoms with E-state index in [0.717, 1.165) is 9.75 Å². The highest BCUT2D eigenvalue weighted by atomic mass is 32.2. The number of hydrogen-bond donors (Lipinski definition) is 2. The molecule has 0 atom stereocenters. The zero-order valence-corrected chi connectivity index (χ0v) is 14.0. The molecule has 2 aromatic rings. The van der Waals surface area contributed by atoms with Crippen LogP contribution in [0.15, 0.2) is 22.5 Å². The maximum absolute atomic E-state index is 12.3. The lowest BCUT2D eigenvalue weighted by Crippen LogP contribution is -2.21. The lowest BCUT2D eigenvalue weighted by atomic mass is 10.3. The van der Waals surface area contributed by atoms with Crippen LogP contribution in [-0.2, 0) is 16.6 Å². The molecule has 0 aliphatic rings. The lowest BCUT2D eigenvalue weighted by molar-refractivity contribution is 0.592. The number of hydrogen-bond acceptors (Lipinski definition) is 6. The molecule has 8 heteroatoms. The van der Waals surface area contributed by atoms with Crippen LogP contribution < -0.4 is 10.0 Å². The zero-order chi connectivity index (χ0) is 14.8. The Morgan fingerprint density at radius 1 is 1.40 bits per heavy atom. The first kappa shape index (κ1) is 15.4. The fourth-order valence-electron chi connectivity index (χ4n) is 1.63. The first-order valence-corrected chi connectivity index (χ1v) is 9.31. The minimum Gasteiger partial charge on any atom is -0.310 e. The maximum atomic E-state index is 12.3. The predicted octanol–water partition coefficient (Wildman–Crippen LogP) is 2.81. The number of sulfonamides is 1. The van der Waals surface area contributed by atoms with Gasteiger partial charge in [-0.25, -0.2) is 13.4 Å². The smallest absolute Gasteiger partial charge is 0.264 e. The Morgan fingerprint density at radius 3 is 2.75 bits per heavy atom. The molecule has 0 aliphatic carbocycles. The van der Waals surface area contributed by atoms with E-state index in [1.807, 2.05) is 6.92 Å². The monoisotopic (exact) mass is 331 g/mol. The van der Waals surface area contributed by atoms with Crippen LogP contribution in [0.25, 0.3) is 0 Å². The summed E-state index contributed by atoms with van der Waals surface area (Å²) in [5.41, 5.74) is 0. The van der Waals surface area contributed by atoms with E-state index in [1.165, 1.54) is 22.7 Å². The van der Waals surface area contributed by atoms with Crippen molar-refractivity contribution in [1.82, 2.24) is 10.3 Å². The highest BCUT2D eigenvalue weighted by Gasteiger charge is 2.20. The fraction of sp³-hybridized carbons (Fsp3) is 0.417. The van der Waals surface area contributed by atoms with Crippen molar-refractivity contribution in [2.75, 3.05) is 4.72 Å². The molecule has 0 radical (unpaired) electrons. The summed E-state index contributed by atoms with van der Waals surface area (Å²) in [5, 5.41) is 5.40. The molecule has 0 fully saturated rings. The Bertz CT molecular complexity index is 660. The van der Waals surface area contributed by atoms with Crippen LogP contribution in [0.4, 0.5) is 5.13 Å². The van der Waals surface area contributed by atoms with Crippen molar-refractivity contribution in [2.24, 2.45) is 0 Å². The third kappa shape index (κ3) is 3.78. The molecule has 20 heavy (non-hydrogen) atoms. The van der Waals surface area contributed by atoms with Gasteiger partial charge in [-0.1, -0.05) is 13.8 Å². The van der Waals surface area contributed by atoms with E-state index in [2.05, 4.69) is 28.9 Å². The minimum absolute atomic E-state index is 0.332. The van der Waals surface area contributed by atoms with E-state index in [9.17, 15) is 8.42 Å². The molecule has 2 rings (SSSR count). The van der Waals surface area contributed by atoms with Gasteiger partial charge in [-0.2, -0.15) is 0 Å². The first-order valence-electron chi connectivity index (χ1n) is 6.13. The second-order valence-corrected chi connectivity index (χ2v) is 8.50. The summed E-state index contributed by atoms with van der Waals surface area (Å²) in [6, 6.07) is 2.09. The highest BCUT2D eigenvalue weighted by Crippen LogP contribution is 2.27. The van der Waals surface area contributed by atoms with E-state index in [0.29, 0.717) is 22.6 Å². The Kier molecular flexibility index (Phi) is 4.79. The second kappa shape index (κ2) is 6.21. The molecule has 0 spiro atoms. The molecular weight excluding hydrogens is 314 g/mol. The summed E-state index contributed by atoms with van der Waals surface area (Å²) in [6.45, 7) is 6.61. The maximum Gasteiger partial charge on any atom is 0.264 e. The number of aromatic nitrogens is 1. The van der Waals surface area contributed by atoms with Gasteiger partial charge in [-0.05, 0) is 13.0 Å². The quantitative estimate of drug-likeness (QED) is 0.854. The predicted molar refractivity (Wildman–Crippen MR) is 84.0 cm³/mol. The zero-order valence-electron chi connectivity index (χ0n) is 11.5. The van der Waals surface area contributed by atoms with Gasteiger partial charge in [0.25, 0.3) is 10.0 Å². The fourth-order valence-corrected chi connectivity index (χ4v) is 5.00. The summed E-state index contributed by atoms with van der Waals surface area (Å²) < 4.78 is 27.1. The molecule has 0 saturated carbocycles. The number of thiazole rings is 1. The van der Waals surface area contributed by atoms with Crippen LogP contribution >= 0.6 is 22.7 Å². The third-order valence-corrected chi connectivity index (χ3v) is 6.01. The van der Waals surface area contributed by atoms with E-state index in [1.54, 1.807) is 17.6 Å². The van der Waals surface area contributed by atoms with Gasteiger partial charge in [-0.3, -0.25) is 4.72 Å². The van der Waals surface area contributed by atoms with Crippen molar-refractivity contribution in [3.8, 4) is 0 Å². The largest absolute Gasteiger partial charge is 0.310 e. The summed E-state index contributed by atoms with van der Waals surface area (Å²) >= 11 is 2.76. The van der Waals surface area contributed by atoms with Crippen molar-refractivity contribution in [3.63, 3.8) is 0 Å². The summed E-state index contributed by atoms with van der Waals surface area (Å²) in [6.07, 6.45) is 1.57. The molecular formula is C12H17N3O2S3. The molecule has 2 heterocycles. The van der Waals surface area contributed by atoms with E-state index in [4.69, 9.17) is 0 Å². The normalized spacial score (nSPS) is 12.0. The number of nitrogens with zero attached hydrogens (tertiary/aromatic N) is 1. The van der Waals surface area contributed by atoms with Crippen molar-refractivity contribution in [3.05, 3.63) is 27.4 Å². The van der Waals surface area contributed by atoms with Gasteiger partial charge in [-0.15, -0.1) is 22.7 Å². The van der Waals surface area contributed by atoms with Crippen LogP contribution in [0, 0.1) is 6.92 Å². The summed E-state index contributed by atoms with van der Waals surface area (Å²) in [4.78, 5) is 6.07. The van der Waals surface area contributed by atoms with Crippen molar-refractivity contribution < 1.29 is 8.42 Å². The van der Waals surface area contributed by atoms with Crippen molar-refractivity contribution in [1.29, 1.82) is 0 Å². The lowest BCUT2D eigenvalue weighted by Gasteiger charge is -2.05. The SMILES string of the molecule is Cc1sc(CNC(C)C)cc1S(=O)(=O)Nc1nccs1. The van der Waals surface area contributed by atoms with E-state index >= 15 is 0 Å². The topological polar surface area (TPSA) is 71.1 Å². The molecule has 110 valence electrons. The Labute approximate surface area is 127 Å². The Hall–Kier alpha value is -0.960. The third-order valence-electron chi connectivity index (χ3n) is 2.55. The van der Waals surface area contributed by atoms with Crippen molar-refractivity contribution in [2.45, 2.75) is 38.3 Å². The first-order chi connectivity index (χ1) is 9.38. The summed E-state index contributed by atoms with van der Waals surface area (Å²) in [7, 11) is -3.55. The number of nitrogens with one attached hydrogen (secondary N) is 2. The number of thiophene rings is 1. The molecule has 0 aliphatic heterocycles. The number of aryl methyl sites for hydroxylation is 1. The molecule has 0 aromatic carbocycles. The van der Waals surface area contributed by atoms with E-state index < -0.39 is 10.0 Å². The van der Waals surface area contributed by atoms with Crippen LogP contribution in [-0.4, -0.2) is 19.4 Å². The second-order valence-electron chi connectivity index (χ2n) is 4.61. The molecule has 0 amide bonds. The van der Waals surface area contributed by atoms with Gasteiger partial charge in [0, 0.05) is 33.9 Å². The minimum atomic E-state index is -3.55. The van der Waals surface area contributed by atoms with Gasteiger partial charge in [0.2, 0.25) is 0 Å². The number of anilines is 1. The molecule has 0 unspecified atom stereocenters. The van der Waals surface area contributed by atoms with Gasteiger partial charge in [0.1, 0.15) is 4.90 Å². The average Bonchev–Trinajstić information content (AvgIpc) is 2.95. The van der Waals surface area contributed by atoms with Crippen molar-refractivity contribution >= 4 is 37.8 Å². The molecule has 0 saturated heterocycles. The molecule has 2 N–H and O–H groups in total. The van der Waals surface area contributed by atoms with Crippen LogP contribution in [0.1, 0.15) is 23.6 Å². The van der Waals surface area contributed by atoms with Gasteiger partial charge in [0.15, 0.2) is 5.13 Å². The van der Waals surface area contributed by atoms with Crippen LogP contribution in [0.3, 0.4) is 0 Å². The van der Waals surface area contributed by atoms with Crippen LogP contribution in [0.2, 0.25) is 0 Å². The molecule has 0 bridgehead atoms. The average molecular weight is 331 g/mol. The van der Waals surface area contributed by atoms with Gasteiger partial charge < -0.3 is 5.32 Å². The standard InChI is InChI=1S/C12H17N3O2S3/c1-8(2)14-7-10-6-11(9(3)19-10)20(16,17)15-12-13-4-5-18-12/h4-6,8,14H,7H2,1-3H3,(H,13,15). The van der Waals surface area contributed by atoms with Gasteiger partial charge in [0.05, 0.1) is 0 Å². The highest BCUT2D eigenvalue weighted by molar-refractivity contribution is 7.93. The molecule has 5 nitrogen and oxygen atoms in total. The van der Waals surface area contributed by atoms with E-state index in [-0.39, 0.29) is 0 Å². The van der Waals surface area contributed by atoms with Gasteiger partial charge >= 0.3 is 0 Å². The Balaban J connectivity index is 2.19. The molecule has 2 aromatic heterocycles. The summed E-state index contributed by atoms with van der Waals surface area (Å²) in [5.74, 6) is 0.